The van der Waals surface area contributed by atoms with Crippen molar-refractivity contribution < 1.29 is 4.79 Å². The predicted molar refractivity (Wildman–Crippen MR) is 115 cm³/mol. The van der Waals surface area contributed by atoms with E-state index in [4.69, 9.17) is 0 Å². The number of nitrogens with one attached hydrogen (secondary N) is 3. The molecule has 5 fully saturated rings. The molecule has 3 saturated carbocycles. The van der Waals surface area contributed by atoms with E-state index in [2.05, 4.69) is 28.3 Å². The smallest absolute Gasteiger partial charge is 0.258 e. The molecule has 3 N–H and O–H groups in total. The Bertz CT molecular complexity index is 607. The minimum Gasteiger partial charge on any atom is -0.271 e. The van der Waals surface area contributed by atoms with Gasteiger partial charge >= 0.3 is 0 Å². The van der Waals surface area contributed by atoms with E-state index in [1.807, 2.05) is 18.0 Å². The molecule has 9 atom stereocenters. The van der Waals surface area contributed by atoms with Crippen LogP contribution in [0.4, 0.5) is 0 Å². The molecule has 0 spiro atoms. The molecule has 5 aliphatic rings. The molecule has 6 heteroatoms. The molecule has 9 unspecified atom stereocenters. The van der Waals surface area contributed by atoms with E-state index in [9.17, 15) is 4.79 Å². The van der Waals surface area contributed by atoms with Crippen molar-refractivity contribution in [2.24, 2.45) is 40.6 Å². The highest BCUT2D eigenvalue weighted by Gasteiger charge is 2.50. The second-order valence-electron chi connectivity index (χ2n) is 10.0. The van der Waals surface area contributed by atoms with Crippen LogP contribution in [0.2, 0.25) is 0 Å². The number of amides is 1. The summed E-state index contributed by atoms with van der Waals surface area (Å²) in [4.78, 5) is 12.6. The molecular weight excluding hydrogens is 368 g/mol. The zero-order valence-electron chi connectivity index (χ0n) is 17.1. The van der Waals surface area contributed by atoms with E-state index < -0.39 is 0 Å². The number of rotatable bonds is 4. The Kier molecular flexibility index (Phi) is 5.72. The standard InChI is InChI=1S/C22H36N4OS/c1-13-9-10-28-20(13)12-23-26-22(27)19-11-18(24-25-19)16-8-7-15-6-5-14-3-2-4-17(16)21(14)15/h12-21,24-25H,2-11H2,1H3,(H,26,27)/b23-12-. The van der Waals surface area contributed by atoms with Crippen molar-refractivity contribution in [2.75, 3.05) is 5.75 Å². The van der Waals surface area contributed by atoms with E-state index in [0.717, 1.165) is 36.0 Å². The Morgan fingerprint density at radius 1 is 1.04 bits per heavy atom. The Hall–Kier alpha value is -0.590. The molecule has 0 aromatic heterocycles. The number of carbonyl (C=O) groups excluding carboxylic acids is 1. The Labute approximate surface area is 173 Å². The van der Waals surface area contributed by atoms with Gasteiger partial charge in [0, 0.05) is 17.5 Å². The van der Waals surface area contributed by atoms with Crippen molar-refractivity contribution in [3.63, 3.8) is 0 Å². The molecule has 0 bridgehead atoms. The van der Waals surface area contributed by atoms with Crippen LogP contribution in [0, 0.1) is 35.5 Å². The first-order valence-corrected chi connectivity index (χ1v) is 12.7. The van der Waals surface area contributed by atoms with Gasteiger partial charge in [-0.3, -0.25) is 10.2 Å². The average Bonchev–Trinajstić information content (AvgIpc) is 3.44. The second-order valence-corrected chi connectivity index (χ2v) is 11.3. The quantitative estimate of drug-likeness (QED) is 0.497. The van der Waals surface area contributed by atoms with Crippen LogP contribution < -0.4 is 16.3 Å². The van der Waals surface area contributed by atoms with Crippen molar-refractivity contribution in [2.45, 2.75) is 82.0 Å². The number of nitrogens with zero attached hydrogens (tertiary/aromatic N) is 1. The van der Waals surface area contributed by atoms with Crippen LogP contribution in [0.5, 0.6) is 0 Å². The van der Waals surface area contributed by atoms with E-state index in [-0.39, 0.29) is 11.9 Å². The van der Waals surface area contributed by atoms with Gasteiger partial charge in [0.1, 0.15) is 6.04 Å². The van der Waals surface area contributed by atoms with Crippen molar-refractivity contribution in [1.82, 2.24) is 16.3 Å². The molecule has 28 heavy (non-hydrogen) atoms. The van der Waals surface area contributed by atoms with Crippen LogP contribution in [-0.4, -0.2) is 35.2 Å². The van der Waals surface area contributed by atoms with Crippen LogP contribution in [0.15, 0.2) is 5.10 Å². The monoisotopic (exact) mass is 404 g/mol. The summed E-state index contributed by atoms with van der Waals surface area (Å²) in [6, 6.07) is 0.284. The summed E-state index contributed by atoms with van der Waals surface area (Å²) in [5.41, 5.74) is 9.59. The molecule has 5 rings (SSSR count). The summed E-state index contributed by atoms with van der Waals surface area (Å²) in [5.74, 6) is 6.50. The van der Waals surface area contributed by atoms with Gasteiger partial charge in [0.05, 0.1) is 0 Å². The molecule has 2 aliphatic heterocycles. The lowest BCUT2D eigenvalue weighted by atomic mass is 9.59. The van der Waals surface area contributed by atoms with Gasteiger partial charge < -0.3 is 0 Å². The van der Waals surface area contributed by atoms with Gasteiger partial charge in [-0.15, -0.1) is 0 Å². The maximum Gasteiger partial charge on any atom is 0.258 e. The minimum absolute atomic E-state index is 0.0120. The minimum atomic E-state index is -0.156. The average molecular weight is 405 g/mol. The third-order valence-electron chi connectivity index (χ3n) is 8.63. The van der Waals surface area contributed by atoms with Crippen molar-refractivity contribution >= 4 is 23.9 Å². The Morgan fingerprint density at radius 2 is 1.86 bits per heavy atom. The van der Waals surface area contributed by atoms with Crippen LogP contribution in [0.1, 0.15) is 64.7 Å². The predicted octanol–water partition coefficient (Wildman–Crippen LogP) is 3.32. The zero-order chi connectivity index (χ0) is 19.1. The van der Waals surface area contributed by atoms with Gasteiger partial charge in [-0.05, 0) is 86.2 Å². The van der Waals surface area contributed by atoms with Crippen LogP contribution in [0.25, 0.3) is 0 Å². The van der Waals surface area contributed by atoms with Gasteiger partial charge in [-0.2, -0.15) is 16.9 Å². The number of hydrogen-bond acceptors (Lipinski definition) is 5. The first kappa shape index (κ1) is 19.4. The molecule has 156 valence electrons. The normalized spacial score (nSPS) is 48.1. The van der Waals surface area contributed by atoms with Gasteiger partial charge in [-0.25, -0.2) is 10.9 Å². The fourth-order valence-electron chi connectivity index (χ4n) is 7.19. The molecule has 1 amide bonds. The number of thioether (sulfide) groups is 1. The van der Waals surface area contributed by atoms with Crippen LogP contribution >= 0.6 is 11.8 Å². The summed E-state index contributed by atoms with van der Waals surface area (Å²) in [5, 5.41) is 4.71. The van der Waals surface area contributed by atoms with Gasteiger partial charge in [0.15, 0.2) is 0 Å². The van der Waals surface area contributed by atoms with Crippen LogP contribution in [0.3, 0.4) is 0 Å². The molecule has 0 aromatic rings. The second kappa shape index (κ2) is 8.27. The largest absolute Gasteiger partial charge is 0.271 e. The van der Waals surface area contributed by atoms with E-state index in [0.29, 0.717) is 17.2 Å². The molecule has 5 nitrogen and oxygen atoms in total. The summed E-state index contributed by atoms with van der Waals surface area (Å²) in [7, 11) is 0. The maximum atomic E-state index is 12.6. The molecule has 2 heterocycles. The van der Waals surface area contributed by atoms with Gasteiger partial charge in [0.2, 0.25) is 0 Å². The van der Waals surface area contributed by atoms with E-state index in [1.165, 1.54) is 57.1 Å². The summed E-state index contributed by atoms with van der Waals surface area (Å²) < 4.78 is 0. The highest BCUT2D eigenvalue weighted by molar-refractivity contribution is 8.00. The Balaban J connectivity index is 1.16. The zero-order valence-corrected chi connectivity index (χ0v) is 17.9. The molecule has 0 radical (unpaired) electrons. The highest BCUT2D eigenvalue weighted by atomic mass is 32.2. The third-order valence-corrected chi connectivity index (χ3v) is 10.1. The third kappa shape index (κ3) is 3.65. The van der Waals surface area contributed by atoms with Crippen LogP contribution in [-0.2, 0) is 4.79 Å². The lowest BCUT2D eigenvalue weighted by Gasteiger charge is -2.47. The first-order valence-electron chi connectivity index (χ1n) is 11.7. The summed E-state index contributed by atoms with van der Waals surface area (Å²) >= 11 is 1.94. The summed E-state index contributed by atoms with van der Waals surface area (Å²) in [6.07, 6.45) is 14.1. The first-order chi connectivity index (χ1) is 13.7. The lowest BCUT2D eigenvalue weighted by molar-refractivity contribution is -0.122. The van der Waals surface area contributed by atoms with Gasteiger partial charge in [0.25, 0.3) is 5.91 Å². The number of hydrazine groups is 1. The number of hydrogen-bond donors (Lipinski definition) is 3. The SMILES string of the molecule is CC1CCSC1/C=N\NC(=O)C1CC(C2CCC3CCC4CCCC2C43)NN1. The van der Waals surface area contributed by atoms with E-state index in [1.54, 1.807) is 0 Å². The van der Waals surface area contributed by atoms with E-state index >= 15 is 0 Å². The molecule has 0 aromatic carbocycles. The Morgan fingerprint density at radius 3 is 2.68 bits per heavy atom. The lowest BCUT2D eigenvalue weighted by Crippen LogP contribution is -2.47. The fraction of sp³-hybridized carbons (Fsp3) is 0.909. The van der Waals surface area contributed by atoms with Crippen molar-refractivity contribution in [3.05, 3.63) is 0 Å². The molecular formula is C22H36N4OS. The molecule has 2 saturated heterocycles. The van der Waals surface area contributed by atoms with Crippen molar-refractivity contribution in [1.29, 1.82) is 0 Å². The highest BCUT2D eigenvalue weighted by Crippen LogP contribution is 2.57. The number of carbonyl (C=O) groups is 1. The fourth-order valence-corrected chi connectivity index (χ4v) is 8.58. The van der Waals surface area contributed by atoms with Gasteiger partial charge in [-0.1, -0.05) is 19.8 Å². The summed E-state index contributed by atoms with van der Waals surface area (Å²) in [6.45, 7) is 2.26. The van der Waals surface area contributed by atoms with Crippen molar-refractivity contribution in [3.8, 4) is 0 Å². The maximum absolute atomic E-state index is 12.6. The number of hydrazone groups is 1. The topological polar surface area (TPSA) is 65.5 Å². The molecule has 3 aliphatic carbocycles.